The third-order valence-electron chi connectivity index (χ3n) is 6.10. The number of H-pyrrole nitrogens is 1. The number of aromatic amines is 1. The molecule has 0 bridgehead atoms. The van der Waals surface area contributed by atoms with Crippen molar-refractivity contribution in [3.63, 3.8) is 0 Å². The van der Waals surface area contributed by atoms with Crippen molar-refractivity contribution in [3.8, 4) is 16.9 Å². The van der Waals surface area contributed by atoms with Gasteiger partial charge in [-0.3, -0.25) is 4.79 Å². The molecule has 1 saturated carbocycles. The number of aryl methyl sites for hydroxylation is 1. The van der Waals surface area contributed by atoms with E-state index in [-0.39, 0.29) is 11.8 Å². The number of pyridine rings is 1. The smallest absolute Gasteiger partial charge is 0.227 e. The molecular formula is C27H30N4O2. The van der Waals surface area contributed by atoms with E-state index in [4.69, 9.17) is 4.74 Å². The van der Waals surface area contributed by atoms with Crippen LogP contribution in [0.25, 0.3) is 33.1 Å². The van der Waals surface area contributed by atoms with Gasteiger partial charge in [0.05, 0.1) is 12.1 Å². The Hall–Kier alpha value is -3.38. The first-order valence-corrected chi connectivity index (χ1v) is 11.6. The van der Waals surface area contributed by atoms with Crippen LogP contribution in [0.3, 0.4) is 0 Å². The first-order valence-electron chi connectivity index (χ1n) is 11.6. The van der Waals surface area contributed by atoms with Crippen molar-refractivity contribution in [2.24, 2.45) is 5.92 Å². The SMILES string of the molecule is Cc1cnc2[nH]c3c(OCCCN(C)C)ccc(-c4cccc(NC(=O)C5CC5)c4)c3c2c1. The van der Waals surface area contributed by atoms with E-state index in [1.807, 2.05) is 24.4 Å². The van der Waals surface area contributed by atoms with Crippen molar-refractivity contribution < 1.29 is 9.53 Å². The molecule has 6 nitrogen and oxygen atoms in total. The largest absolute Gasteiger partial charge is 0.491 e. The first kappa shape index (κ1) is 21.5. The van der Waals surface area contributed by atoms with Crippen molar-refractivity contribution in [2.45, 2.75) is 26.2 Å². The summed E-state index contributed by atoms with van der Waals surface area (Å²) in [6.45, 7) is 3.69. The summed E-state index contributed by atoms with van der Waals surface area (Å²) in [4.78, 5) is 22.5. The highest BCUT2D eigenvalue weighted by molar-refractivity contribution is 6.15. The van der Waals surface area contributed by atoms with Gasteiger partial charge in [-0.2, -0.15) is 0 Å². The highest BCUT2D eigenvalue weighted by Crippen LogP contribution is 2.40. The van der Waals surface area contributed by atoms with E-state index < -0.39 is 0 Å². The number of hydrogen-bond acceptors (Lipinski definition) is 4. The van der Waals surface area contributed by atoms with Gasteiger partial charge in [-0.05, 0) is 87.3 Å². The molecule has 1 fully saturated rings. The average molecular weight is 443 g/mol. The fourth-order valence-electron chi connectivity index (χ4n) is 4.24. The number of carbonyl (C=O) groups is 1. The van der Waals surface area contributed by atoms with E-state index in [0.29, 0.717) is 6.61 Å². The maximum absolute atomic E-state index is 12.3. The van der Waals surface area contributed by atoms with Crippen LogP contribution < -0.4 is 10.1 Å². The van der Waals surface area contributed by atoms with Crippen molar-refractivity contribution in [2.75, 3.05) is 32.6 Å². The van der Waals surface area contributed by atoms with E-state index in [0.717, 1.165) is 75.9 Å². The molecule has 2 aromatic heterocycles. The third-order valence-corrected chi connectivity index (χ3v) is 6.10. The molecule has 1 amide bonds. The Bertz CT molecular complexity index is 1320. The summed E-state index contributed by atoms with van der Waals surface area (Å²) >= 11 is 0. The van der Waals surface area contributed by atoms with Gasteiger partial charge in [0.25, 0.3) is 0 Å². The molecule has 0 saturated heterocycles. The number of rotatable bonds is 8. The second-order valence-corrected chi connectivity index (χ2v) is 9.24. The zero-order valence-electron chi connectivity index (χ0n) is 19.4. The summed E-state index contributed by atoms with van der Waals surface area (Å²) in [5, 5.41) is 5.24. The van der Waals surface area contributed by atoms with Crippen molar-refractivity contribution in [1.82, 2.24) is 14.9 Å². The van der Waals surface area contributed by atoms with Crippen LogP contribution in [-0.4, -0.2) is 48.0 Å². The average Bonchev–Trinajstić information content (AvgIpc) is 3.58. The summed E-state index contributed by atoms with van der Waals surface area (Å²) in [5.74, 6) is 1.12. The molecule has 4 aromatic rings. The molecule has 0 atom stereocenters. The molecule has 0 radical (unpaired) electrons. The van der Waals surface area contributed by atoms with Crippen LogP contribution >= 0.6 is 0 Å². The first-order chi connectivity index (χ1) is 16.0. The molecular weight excluding hydrogens is 412 g/mol. The number of hydrogen-bond donors (Lipinski definition) is 2. The van der Waals surface area contributed by atoms with Gasteiger partial charge in [0, 0.05) is 35.1 Å². The predicted octanol–water partition coefficient (Wildman–Crippen LogP) is 5.37. The van der Waals surface area contributed by atoms with E-state index in [1.54, 1.807) is 0 Å². The fourth-order valence-corrected chi connectivity index (χ4v) is 4.24. The van der Waals surface area contributed by atoms with Crippen molar-refractivity contribution in [1.29, 1.82) is 0 Å². The van der Waals surface area contributed by atoms with E-state index in [1.165, 1.54) is 0 Å². The van der Waals surface area contributed by atoms with E-state index in [9.17, 15) is 4.79 Å². The van der Waals surface area contributed by atoms with E-state index in [2.05, 4.69) is 65.5 Å². The minimum absolute atomic E-state index is 0.116. The zero-order valence-corrected chi connectivity index (χ0v) is 19.4. The molecule has 170 valence electrons. The number of aromatic nitrogens is 2. The molecule has 0 spiro atoms. The number of carbonyl (C=O) groups excluding carboxylic acids is 1. The Kier molecular flexibility index (Phi) is 5.77. The normalized spacial score (nSPS) is 13.7. The Morgan fingerprint density at radius 1 is 1.21 bits per heavy atom. The van der Waals surface area contributed by atoms with Gasteiger partial charge in [0.2, 0.25) is 5.91 Å². The summed E-state index contributed by atoms with van der Waals surface area (Å²) < 4.78 is 6.19. The van der Waals surface area contributed by atoms with Gasteiger partial charge >= 0.3 is 0 Å². The second-order valence-electron chi connectivity index (χ2n) is 9.24. The summed E-state index contributed by atoms with van der Waals surface area (Å²) in [6.07, 6.45) is 4.81. The fraction of sp³-hybridized carbons (Fsp3) is 0.333. The van der Waals surface area contributed by atoms with Gasteiger partial charge in [0.15, 0.2) is 0 Å². The molecule has 0 aliphatic heterocycles. The highest BCUT2D eigenvalue weighted by atomic mass is 16.5. The lowest BCUT2D eigenvalue weighted by Gasteiger charge is -2.13. The quantitative estimate of drug-likeness (QED) is 0.360. The molecule has 2 aromatic carbocycles. The van der Waals surface area contributed by atoms with Crippen LogP contribution in [0, 0.1) is 12.8 Å². The van der Waals surface area contributed by atoms with Crippen LogP contribution in [-0.2, 0) is 4.79 Å². The van der Waals surface area contributed by atoms with Gasteiger partial charge < -0.3 is 19.9 Å². The van der Waals surface area contributed by atoms with Crippen LogP contribution in [0.4, 0.5) is 5.69 Å². The Balaban J connectivity index is 1.56. The number of anilines is 1. The number of fused-ring (bicyclic) bond motifs is 3. The molecule has 2 heterocycles. The Morgan fingerprint density at radius 2 is 2.06 bits per heavy atom. The van der Waals surface area contributed by atoms with Gasteiger partial charge in [-0.1, -0.05) is 12.1 Å². The predicted molar refractivity (Wildman–Crippen MR) is 134 cm³/mol. The molecule has 33 heavy (non-hydrogen) atoms. The van der Waals surface area contributed by atoms with Crippen molar-refractivity contribution >= 4 is 33.5 Å². The maximum atomic E-state index is 12.3. The lowest BCUT2D eigenvalue weighted by molar-refractivity contribution is -0.117. The minimum atomic E-state index is 0.116. The highest BCUT2D eigenvalue weighted by Gasteiger charge is 2.29. The monoisotopic (exact) mass is 442 g/mol. The topological polar surface area (TPSA) is 70.2 Å². The Morgan fingerprint density at radius 3 is 2.85 bits per heavy atom. The van der Waals surface area contributed by atoms with Crippen LogP contribution in [0.1, 0.15) is 24.8 Å². The number of nitrogens with one attached hydrogen (secondary N) is 2. The second kappa shape index (κ2) is 8.87. The molecule has 1 aliphatic carbocycles. The molecule has 6 heteroatoms. The summed E-state index contributed by atoms with van der Waals surface area (Å²) in [7, 11) is 4.14. The Labute approximate surface area is 194 Å². The van der Waals surface area contributed by atoms with Gasteiger partial charge in [-0.15, -0.1) is 0 Å². The lowest BCUT2D eigenvalue weighted by atomic mass is 9.98. The lowest BCUT2D eigenvalue weighted by Crippen LogP contribution is -2.15. The standard InChI is InChI=1S/C27H30N4O2/c1-17-14-22-24-21(19-6-4-7-20(15-19)29-27(32)18-8-9-18)10-11-23(33-13-5-12-31(2)3)25(24)30-26(22)28-16-17/h4,6-7,10-11,14-16,18H,5,8-9,12-13H2,1-3H3,(H,28,30)(H,29,32). The minimum Gasteiger partial charge on any atom is -0.491 e. The molecule has 2 N–H and O–H groups in total. The number of nitrogens with zero attached hydrogens (tertiary/aromatic N) is 2. The number of benzene rings is 2. The summed E-state index contributed by atoms with van der Waals surface area (Å²) in [5.41, 5.74) is 5.88. The zero-order chi connectivity index (χ0) is 22.9. The van der Waals surface area contributed by atoms with Crippen LogP contribution in [0.15, 0.2) is 48.7 Å². The molecule has 1 aliphatic rings. The molecule has 5 rings (SSSR count). The van der Waals surface area contributed by atoms with Crippen molar-refractivity contribution in [3.05, 3.63) is 54.2 Å². The number of amides is 1. The van der Waals surface area contributed by atoms with Gasteiger partial charge in [-0.25, -0.2) is 4.98 Å². The third kappa shape index (κ3) is 4.57. The molecule has 0 unspecified atom stereocenters. The number of ether oxygens (including phenoxy) is 1. The summed E-state index contributed by atoms with van der Waals surface area (Å²) in [6, 6.07) is 14.4. The maximum Gasteiger partial charge on any atom is 0.227 e. The van der Waals surface area contributed by atoms with Crippen LogP contribution in [0.5, 0.6) is 5.75 Å². The van der Waals surface area contributed by atoms with E-state index >= 15 is 0 Å². The van der Waals surface area contributed by atoms with Crippen LogP contribution in [0.2, 0.25) is 0 Å². The van der Waals surface area contributed by atoms with Gasteiger partial charge in [0.1, 0.15) is 11.4 Å².